The highest BCUT2D eigenvalue weighted by molar-refractivity contribution is 5.34. The Morgan fingerprint density at radius 1 is 1.58 bits per heavy atom. The highest BCUT2D eigenvalue weighted by atomic mass is 16.3. The van der Waals surface area contributed by atoms with Gasteiger partial charge in [0.25, 0.3) is 0 Å². The van der Waals surface area contributed by atoms with Crippen LogP contribution in [-0.2, 0) is 0 Å². The summed E-state index contributed by atoms with van der Waals surface area (Å²) in [7, 11) is 0. The molecule has 1 unspecified atom stereocenters. The van der Waals surface area contributed by atoms with Crippen molar-refractivity contribution in [2.24, 2.45) is 5.73 Å². The van der Waals surface area contributed by atoms with Gasteiger partial charge in [-0.25, -0.2) is 0 Å². The Kier molecular flexibility index (Phi) is 2.81. The summed E-state index contributed by atoms with van der Waals surface area (Å²) in [5, 5.41) is 17.3. The second-order valence-corrected chi connectivity index (χ2v) is 2.53. The summed E-state index contributed by atoms with van der Waals surface area (Å²) in [5.41, 5.74) is 6.91. The molecule has 1 aromatic rings. The molecule has 1 atom stereocenters. The number of rotatable bonds is 2. The van der Waals surface area contributed by atoms with Crippen molar-refractivity contribution in [1.82, 2.24) is 0 Å². The maximum Gasteiger partial charge on any atom is 0.0991 e. The lowest BCUT2D eigenvalue weighted by Crippen LogP contribution is -2.14. The normalized spacial score (nSPS) is 12.1. The van der Waals surface area contributed by atoms with Gasteiger partial charge in [-0.15, -0.1) is 0 Å². The van der Waals surface area contributed by atoms with Crippen LogP contribution in [0.25, 0.3) is 0 Å². The van der Waals surface area contributed by atoms with Gasteiger partial charge >= 0.3 is 0 Å². The van der Waals surface area contributed by atoms with Crippen molar-refractivity contribution in [3.63, 3.8) is 0 Å². The zero-order valence-corrected chi connectivity index (χ0v) is 6.57. The summed E-state index contributed by atoms with van der Waals surface area (Å²) >= 11 is 0. The predicted octanol–water partition coefficient (Wildman–Crippen LogP) is 0.550. The van der Waals surface area contributed by atoms with Gasteiger partial charge in [0.05, 0.1) is 24.3 Å². The molecule has 0 saturated heterocycles. The van der Waals surface area contributed by atoms with E-state index in [1.165, 1.54) is 0 Å². The number of hydrogen-bond acceptors (Lipinski definition) is 3. The standard InChI is InChI=1S/C9H10N2O/c10-5-7-2-1-3-8(4-7)9(11)6-12/h1-4,9,12H,6,11H2. The van der Waals surface area contributed by atoms with Crippen LogP contribution < -0.4 is 5.73 Å². The van der Waals surface area contributed by atoms with Crippen LogP contribution in [0.4, 0.5) is 0 Å². The average Bonchev–Trinajstić information content (AvgIpc) is 2.17. The lowest BCUT2D eigenvalue weighted by atomic mass is 10.1. The molecule has 12 heavy (non-hydrogen) atoms. The van der Waals surface area contributed by atoms with Crippen LogP contribution in [0.5, 0.6) is 0 Å². The molecule has 0 amide bonds. The third-order valence-corrected chi connectivity index (χ3v) is 1.64. The highest BCUT2D eigenvalue weighted by Gasteiger charge is 2.03. The smallest absolute Gasteiger partial charge is 0.0991 e. The molecule has 1 rings (SSSR count). The predicted molar refractivity (Wildman–Crippen MR) is 45.2 cm³/mol. The molecule has 0 saturated carbocycles. The van der Waals surface area contributed by atoms with Gasteiger partial charge in [0.1, 0.15) is 0 Å². The fourth-order valence-electron chi connectivity index (χ4n) is 0.944. The Labute approximate surface area is 71.1 Å². The highest BCUT2D eigenvalue weighted by Crippen LogP contribution is 2.10. The maximum absolute atomic E-state index is 8.74. The molecule has 1 aromatic carbocycles. The second kappa shape index (κ2) is 3.86. The number of nitrogens with two attached hydrogens (primary N) is 1. The van der Waals surface area contributed by atoms with Crippen molar-refractivity contribution in [3.05, 3.63) is 35.4 Å². The van der Waals surface area contributed by atoms with Crippen LogP contribution in [0.1, 0.15) is 17.2 Å². The molecule has 0 aromatic heterocycles. The molecule has 0 aliphatic carbocycles. The van der Waals surface area contributed by atoms with E-state index in [2.05, 4.69) is 0 Å². The third kappa shape index (κ3) is 1.82. The number of aliphatic hydroxyl groups excluding tert-OH is 1. The van der Waals surface area contributed by atoms with Crippen LogP contribution in [0.15, 0.2) is 24.3 Å². The van der Waals surface area contributed by atoms with E-state index >= 15 is 0 Å². The molecule has 0 fully saturated rings. The second-order valence-electron chi connectivity index (χ2n) is 2.53. The Bertz CT molecular complexity index is 304. The van der Waals surface area contributed by atoms with Gasteiger partial charge in [0, 0.05) is 0 Å². The molecule has 0 bridgehead atoms. The molecule has 0 aliphatic rings. The number of aliphatic hydroxyl groups is 1. The van der Waals surface area contributed by atoms with Gasteiger partial charge in [-0.1, -0.05) is 12.1 Å². The topological polar surface area (TPSA) is 70.0 Å². The molecule has 3 heteroatoms. The van der Waals surface area contributed by atoms with E-state index in [1.807, 2.05) is 6.07 Å². The first-order chi connectivity index (χ1) is 5.77. The average molecular weight is 162 g/mol. The minimum atomic E-state index is -0.390. The lowest BCUT2D eigenvalue weighted by molar-refractivity contribution is 0.268. The molecule has 0 spiro atoms. The van der Waals surface area contributed by atoms with Gasteiger partial charge < -0.3 is 10.8 Å². The first-order valence-electron chi connectivity index (χ1n) is 3.64. The maximum atomic E-state index is 8.74. The van der Waals surface area contributed by atoms with Crippen LogP contribution in [0.3, 0.4) is 0 Å². The molecule has 3 nitrogen and oxygen atoms in total. The fraction of sp³-hybridized carbons (Fsp3) is 0.222. The van der Waals surface area contributed by atoms with Crippen molar-refractivity contribution in [3.8, 4) is 6.07 Å². The largest absolute Gasteiger partial charge is 0.394 e. The molecular formula is C9H10N2O. The summed E-state index contributed by atoms with van der Waals surface area (Å²) in [4.78, 5) is 0. The Hall–Kier alpha value is -1.37. The van der Waals surface area contributed by atoms with Gasteiger partial charge in [-0.2, -0.15) is 5.26 Å². The van der Waals surface area contributed by atoms with Crippen LogP contribution in [-0.4, -0.2) is 11.7 Å². The number of nitrogens with zero attached hydrogens (tertiary/aromatic N) is 1. The van der Waals surface area contributed by atoms with E-state index in [1.54, 1.807) is 24.3 Å². The lowest BCUT2D eigenvalue weighted by Gasteiger charge is -2.07. The van der Waals surface area contributed by atoms with E-state index < -0.39 is 6.04 Å². The van der Waals surface area contributed by atoms with Crippen LogP contribution in [0.2, 0.25) is 0 Å². The first-order valence-corrected chi connectivity index (χ1v) is 3.64. The number of benzene rings is 1. The van der Waals surface area contributed by atoms with E-state index in [4.69, 9.17) is 16.1 Å². The quantitative estimate of drug-likeness (QED) is 0.667. The Morgan fingerprint density at radius 2 is 2.33 bits per heavy atom. The number of nitriles is 1. The van der Waals surface area contributed by atoms with Crippen LogP contribution in [0, 0.1) is 11.3 Å². The van der Waals surface area contributed by atoms with E-state index in [-0.39, 0.29) is 6.61 Å². The van der Waals surface area contributed by atoms with Gasteiger partial charge in [-0.05, 0) is 17.7 Å². The van der Waals surface area contributed by atoms with Gasteiger partial charge in [-0.3, -0.25) is 0 Å². The minimum absolute atomic E-state index is 0.102. The Balaban J connectivity index is 2.95. The molecule has 0 aliphatic heterocycles. The SMILES string of the molecule is N#Cc1cccc(C(N)CO)c1. The van der Waals surface area contributed by atoms with E-state index in [0.29, 0.717) is 5.56 Å². The summed E-state index contributed by atoms with van der Waals surface area (Å²) in [6.45, 7) is -0.102. The van der Waals surface area contributed by atoms with Crippen molar-refractivity contribution in [2.75, 3.05) is 6.61 Å². The Morgan fingerprint density at radius 3 is 2.92 bits per heavy atom. The minimum Gasteiger partial charge on any atom is -0.394 e. The monoisotopic (exact) mass is 162 g/mol. The number of hydrogen-bond donors (Lipinski definition) is 2. The molecule has 62 valence electrons. The zero-order valence-electron chi connectivity index (χ0n) is 6.57. The van der Waals surface area contributed by atoms with Crippen molar-refractivity contribution in [2.45, 2.75) is 6.04 Å². The van der Waals surface area contributed by atoms with Crippen molar-refractivity contribution < 1.29 is 5.11 Å². The third-order valence-electron chi connectivity index (χ3n) is 1.64. The van der Waals surface area contributed by atoms with Crippen LogP contribution >= 0.6 is 0 Å². The molecular weight excluding hydrogens is 152 g/mol. The summed E-state index contributed by atoms with van der Waals surface area (Å²) < 4.78 is 0. The van der Waals surface area contributed by atoms with Crippen molar-refractivity contribution in [1.29, 1.82) is 5.26 Å². The summed E-state index contributed by atoms with van der Waals surface area (Å²) in [6.07, 6.45) is 0. The van der Waals surface area contributed by atoms with Crippen molar-refractivity contribution >= 4 is 0 Å². The summed E-state index contributed by atoms with van der Waals surface area (Å²) in [5.74, 6) is 0. The molecule has 0 heterocycles. The van der Waals surface area contributed by atoms with Gasteiger partial charge in [0.15, 0.2) is 0 Å². The van der Waals surface area contributed by atoms with E-state index in [0.717, 1.165) is 5.56 Å². The van der Waals surface area contributed by atoms with Gasteiger partial charge in [0.2, 0.25) is 0 Å². The molecule has 3 N–H and O–H groups in total. The molecule has 0 radical (unpaired) electrons. The fourth-order valence-corrected chi connectivity index (χ4v) is 0.944. The first kappa shape index (κ1) is 8.72. The zero-order chi connectivity index (χ0) is 8.97. The summed E-state index contributed by atoms with van der Waals surface area (Å²) in [6, 6.07) is 8.55. The van der Waals surface area contributed by atoms with E-state index in [9.17, 15) is 0 Å².